The van der Waals surface area contributed by atoms with E-state index in [2.05, 4.69) is 30.3 Å². The molecule has 0 radical (unpaired) electrons. The summed E-state index contributed by atoms with van der Waals surface area (Å²) in [6, 6.07) is 36.7. The molecule has 4 aromatic rings. The summed E-state index contributed by atoms with van der Waals surface area (Å²) in [6.07, 6.45) is 1.88. The van der Waals surface area contributed by atoms with Crippen LogP contribution in [0.25, 0.3) is 0 Å². The van der Waals surface area contributed by atoms with Crippen molar-refractivity contribution in [3.05, 3.63) is 120 Å². The van der Waals surface area contributed by atoms with Gasteiger partial charge >= 0.3 is 8.56 Å². The molecule has 30 heavy (non-hydrogen) atoms. The van der Waals surface area contributed by atoms with E-state index in [1.165, 1.54) is 0 Å². The van der Waals surface area contributed by atoms with Crippen LogP contribution in [0.15, 0.2) is 114 Å². The van der Waals surface area contributed by atoms with Crippen LogP contribution in [0.4, 0.5) is 5.69 Å². The molecule has 0 aromatic heterocycles. The Bertz CT molecular complexity index is 1140. The highest BCUT2D eigenvalue weighted by Crippen LogP contribution is 2.27. The third kappa shape index (κ3) is 3.47. The zero-order chi connectivity index (χ0) is 20.2. The van der Waals surface area contributed by atoms with Crippen LogP contribution < -0.4 is 14.8 Å². The van der Waals surface area contributed by atoms with Crippen LogP contribution in [0.3, 0.4) is 0 Å². The molecule has 1 heterocycles. The van der Waals surface area contributed by atoms with Gasteiger partial charge in [0.25, 0.3) is 0 Å². The summed E-state index contributed by atoms with van der Waals surface area (Å²) in [5.41, 5.74) is 2.89. The summed E-state index contributed by atoms with van der Waals surface area (Å²) in [7, 11) is -3.05. The molecule has 0 bridgehead atoms. The van der Waals surface area contributed by atoms with Gasteiger partial charge < -0.3 is 8.85 Å². The maximum atomic E-state index is 6.87. The standard InChI is InChI=1S/C26H21NO2Si/c1-3-13-23(14-4-1)30(24-15-5-2-6-16-24)28-20-22-12-7-9-17-25(22)27-19-21-11-8-10-18-26(21)29-30/h1-19H,20H2. The first-order valence-corrected chi connectivity index (χ1v) is 11.8. The predicted molar refractivity (Wildman–Crippen MR) is 123 cm³/mol. The Morgan fingerprint density at radius 3 is 1.97 bits per heavy atom. The topological polar surface area (TPSA) is 30.8 Å². The van der Waals surface area contributed by atoms with E-state index >= 15 is 0 Å². The zero-order valence-electron chi connectivity index (χ0n) is 16.4. The van der Waals surface area contributed by atoms with Gasteiger partial charge in [0.05, 0.1) is 12.3 Å². The van der Waals surface area contributed by atoms with Gasteiger partial charge in [0.1, 0.15) is 5.75 Å². The van der Waals surface area contributed by atoms with Crippen LogP contribution >= 0.6 is 0 Å². The molecule has 0 saturated heterocycles. The Kier molecular flexibility index (Phi) is 5.01. The van der Waals surface area contributed by atoms with Gasteiger partial charge in [-0.3, -0.25) is 4.99 Å². The zero-order valence-corrected chi connectivity index (χ0v) is 17.4. The molecule has 0 aliphatic carbocycles. The molecular formula is C26H21NO2Si. The van der Waals surface area contributed by atoms with E-state index in [1.807, 2.05) is 85.1 Å². The number of aliphatic imine (C=N–C) groups is 1. The van der Waals surface area contributed by atoms with Crippen LogP contribution in [0, 0.1) is 0 Å². The lowest BCUT2D eigenvalue weighted by Crippen LogP contribution is -2.65. The second kappa shape index (κ2) is 8.11. The van der Waals surface area contributed by atoms with E-state index in [1.54, 1.807) is 0 Å². The first-order chi connectivity index (χ1) is 14.9. The third-order valence-corrected chi connectivity index (χ3v) is 8.49. The van der Waals surface area contributed by atoms with Crippen molar-refractivity contribution in [2.24, 2.45) is 4.99 Å². The van der Waals surface area contributed by atoms with E-state index in [9.17, 15) is 0 Å². The molecule has 0 spiro atoms. The Morgan fingerprint density at radius 1 is 0.633 bits per heavy atom. The molecule has 0 unspecified atom stereocenters. The lowest BCUT2D eigenvalue weighted by Gasteiger charge is -2.33. The second-order valence-electron chi connectivity index (χ2n) is 7.16. The highest BCUT2D eigenvalue weighted by molar-refractivity contribution is 6.93. The maximum Gasteiger partial charge on any atom is 0.469 e. The molecule has 146 valence electrons. The summed E-state index contributed by atoms with van der Waals surface area (Å²) in [4.78, 5) is 4.71. The molecule has 5 rings (SSSR count). The minimum atomic E-state index is -3.05. The molecule has 4 aromatic carbocycles. The number of benzene rings is 4. The average Bonchev–Trinajstić information content (AvgIpc) is 2.83. The minimum Gasteiger partial charge on any atom is -0.513 e. The largest absolute Gasteiger partial charge is 0.513 e. The molecule has 1 aliphatic heterocycles. The Hall–Kier alpha value is -3.47. The van der Waals surface area contributed by atoms with Gasteiger partial charge in [0.2, 0.25) is 0 Å². The summed E-state index contributed by atoms with van der Waals surface area (Å²) < 4.78 is 13.7. The number of para-hydroxylation sites is 2. The van der Waals surface area contributed by atoms with Gasteiger partial charge in [-0.1, -0.05) is 91.0 Å². The van der Waals surface area contributed by atoms with Crippen LogP contribution in [0.2, 0.25) is 0 Å². The summed E-state index contributed by atoms with van der Waals surface area (Å²) in [5.74, 6) is 0.778. The first-order valence-electron chi connectivity index (χ1n) is 10.0. The highest BCUT2D eigenvalue weighted by Gasteiger charge is 2.45. The van der Waals surface area contributed by atoms with E-state index in [0.717, 1.165) is 32.9 Å². The van der Waals surface area contributed by atoms with Gasteiger partial charge in [-0.15, -0.1) is 0 Å². The molecule has 3 nitrogen and oxygen atoms in total. The molecule has 0 atom stereocenters. The van der Waals surface area contributed by atoms with Crippen molar-refractivity contribution in [3.8, 4) is 5.75 Å². The van der Waals surface area contributed by atoms with Crippen LogP contribution in [0.1, 0.15) is 11.1 Å². The van der Waals surface area contributed by atoms with Crippen molar-refractivity contribution < 1.29 is 8.85 Å². The van der Waals surface area contributed by atoms with Crippen molar-refractivity contribution >= 4 is 30.8 Å². The fourth-order valence-corrected chi connectivity index (χ4v) is 6.79. The normalized spacial score (nSPS) is 14.8. The van der Waals surface area contributed by atoms with E-state index in [0.29, 0.717) is 6.61 Å². The number of hydrogen-bond donors (Lipinski definition) is 0. The number of fused-ring (bicyclic) bond motifs is 2. The number of rotatable bonds is 2. The predicted octanol–water partition coefficient (Wildman–Crippen LogP) is 4.60. The van der Waals surface area contributed by atoms with E-state index < -0.39 is 8.56 Å². The fourth-order valence-electron chi connectivity index (χ4n) is 3.71. The number of nitrogens with zero attached hydrogens (tertiary/aromatic N) is 1. The Balaban J connectivity index is 1.76. The van der Waals surface area contributed by atoms with Gasteiger partial charge in [-0.25, -0.2) is 0 Å². The van der Waals surface area contributed by atoms with Gasteiger partial charge in [0, 0.05) is 27.7 Å². The van der Waals surface area contributed by atoms with Gasteiger partial charge in [0.15, 0.2) is 0 Å². The van der Waals surface area contributed by atoms with Crippen molar-refractivity contribution in [2.45, 2.75) is 6.61 Å². The summed E-state index contributed by atoms with van der Waals surface area (Å²) >= 11 is 0. The van der Waals surface area contributed by atoms with Crippen molar-refractivity contribution in [1.29, 1.82) is 0 Å². The first kappa shape index (κ1) is 18.5. The minimum absolute atomic E-state index is 0.422. The average molecular weight is 408 g/mol. The quantitative estimate of drug-likeness (QED) is 0.455. The Morgan fingerprint density at radius 2 is 1.23 bits per heavy atom. The van der Waals surface area contributed by atoms with E-state index in [-0.39, 0.29) is 0 Å². The highest BCUT2D eigenvalue weighted by atomic mass is 28.4. The molecule has 0 N–H and O–H groups in total. The van der Waals surface area contributed by atoms with Gasteiger partial charge in [-0.05, 0) is 18.2 Å². The SMILES string of the molecule is C1=Nc2ccccc2CO[Si](c2ccccc2)(c2ccccc2)Oc2ccccc21. The third-order valence-electron chi connectivity index (χ3n) is 5.25. The van der Waals surface area contributed by atoms with Crippen molar-refractivity contribution in [1.82, 2.24) is 0 Å². The van der Waals surface area contributed by atoms with Gasteiger partial charge in [-0.2, -0.15) is 0 Å². The molecular weight excluding hydrogens is 386 g/mol. The van der Waals surface area contributed by atoms with Crippen LogP contribution in [0.5, 0.6) is 5.75 Å². The maximum absolute atomic E-state index is 6.87. The smallest absolute Gasteiger partial charge is 0.469 e. The lowest BCUT2D eigenvalue weighted by molar-refractivity contribution is 0.249. The summed E-state index contributed by atoms with van der Waals surface area (Å²) in [5, 5.41) is 2.14. The molecule has 4 heteroatoms. The lowest BCUT2D eigenvalue weighted by atomic mass is 10.2. The van der Waals surface area contributed by atoms with Crippen LogP contribution in [-0.2, 0) is 11.0 Å². The molecule has 0 saturated carbocycles. The Labute approximate surface area is 177 Å². The van der Waals surface area contributed by atoms with E-state index in [4.69, 9.17) is 13.8 Å². The number of hydrogen-bond acceptors (Lipinski definition) is 3. The summed E-state index contributed by atoms with van der Waals surface area (Å²) in [6.45, 7) is 0.422. The second-order valence-corrected chi connectivity index (χ2v) is 10.0. The molecule has 0 fully saturated rings. The van der Waals surface area contributed by atoms with Crippen molar-refractivity contribution in [2.75, 3.05) is 0 Å². The van der Waals surface area contributed by atoms with Crippen molar-refractivity contribution in [3.63, 3.8) is 0 Å². The fraction of sp³-hybridized carbons (Fsp3) is 0.0385. The molecule has 0 amide bonds. The molecule has 1 aliphatic rings. The van der Waals surface area contributed by atoms with Crippen LogP contribution in [-0.4, -0.2) is 14.8 Å². The monoisotopic (exact) mass is 407 g/mol.